The van der Waals surface area contributed by atoms with Gasteiger partial charge in [-0.05, 0) is 51.6 Å². The van der Waals surface area contributed by atoms with Gasteiger partial charge in [-0.2, -0.15) is 0 Å². The van der Waals surface area contributed by atoms with Crippen LogP contribution in [0.5, 0.6) is 0 Å². The smallest absolute Gasteiger partial charge is 0.237 e. The topological polar surface area (TPSA) is 72.3 Å². The van der Waals surface area contributed by atoms with E-state index < -0.39 is 11.4 Å². The van der Waals surface area contributed by atoms with E-state index in [-0.39, 0.29) is 0 Å². The van der Waals surface area contributed by atoms with Crippen molar-refractivity contribution in [2.75, 3.05) is 13.1 Å². The zero-order valence-corrected chi connectivity index (χ0v) is 11.6. The monoisotopic (exact) mass is 241 g/mol. The number of piperidine rings is 1. The van der Waals surface area contributed by atoms with Crippen LogP contribution in [-0.2, 0) is 4.79 Å². The van der Waals surface area contributed by atoms with Crippen molar-refractivity contribution in [2.24, 2.45) is 16.9 Å². The third-order valence-corrected chi connectivity index (χ3v) is 4.06. The molecule has 4 nitrogen and oxygen atoms in total. The Hall–Kier alpha value is -0.610. The summed E-state index contributed by atoms with van der Waals surface area (Å²) in [6.45, 7) is 10.6. The molecule has 0 aromatic rings. The van der Waals surface area contributed by atoms with Crippen LogP contribution in [0.2, 0.25) is 0 Å². The fraction of sp³-hybridized carbons (Fsp3) is 0.923. The number of hydrogen-bond acceptors (Lipinski definition) is 3. The molecule has 1 rings (SSSR count). The molecule has 0 aromatic carbocycles. The molecular weight excluding hydrogens is 214 g/mol. The van der Waals surface area contributed by atoms with E-state index in [1.165, 1.54) is 12.8 Å². The molecule has 1 fully saturated rings. The standard InChI is InChI=1S/C13H27N3O/c1-10(9-13(4,15)11(14)17)16-7-5-12(2,3)6-8-16/h10H,5-9,15H2,1-4H3,(H2,14,17). The molecule has 1 aliphatic rings. The van der Waals surface area contributed by atoms with E-state index in [1.807, 2.05) is 0 Å². The average Bonchev–Trinajstić information content (AvgIpc) is 2.16. The van der Waals surface area contributed by atoms with Crippen molar-refractivity contribution in [2.45, 2.75) is 58.5 Å². The van der Waals surface area contributed by atoms with Crippen LogP contribution in [0.25, 0.3) is 0 Å². The first-order valence-electron chi connectivity index (χ1n) is 6.47. The number of nitrogens with zero attached hydrogens (tertiary/aromatic N) is 1. The predicted octanol–water partition coefficient (Wildman–Crippen LogP) is 1.09. The van der Waals surface area contributed by atoms with Crippen molar-refractivity contribution in [1.82, 2.24) is 4.90 Å². The molecule has 1 amide bonds. The van der Waals surface area contributed by atoms with Crippen molar-refractivity contribution in [1.29, 1.82) is 0 Å². The van der Waals surface area contributed by atoms with Gasteiger partial charge < -0.3 is 16.4 Å². The van der Waals surface area contributed by atoms with Crippen LogP contribution in [0.15, 0.2) is 0 Å². The molecular formula is C13H27N3O. The van der Waals surface area contributed by atoms with Gasteiger partial charge in [0.05, 0.1) is 5.54 Å². The third kappa shape index (κ3) is 3.96. The highest BCUT2D eigenvalue weighted by Crippen LogP contribution is 2.31. The Labute approximate surface area is 105 Å². The second-order valence-electron chi connectivity index (χ2n) is 6.54. The van der Waals surface area contributed by atoms with Crippen molar-refractivity contribution < 1.29 is 4.79 Å². The summed E-state index contributed by atoms with van der Waals surface area (Å²) in [5, 5.41) is 0. The Morgan fingerprint density at radius 2 is 1.88 bits per heavy atom. The molecule has 0 bridgehead atoms. The highest BCUT2D eigenvalue weighted by molar-refractivity contribution is 5.83. The van der Waals surface area contributed by atoms with Gasteiger partial charge in [0.25, 0.3) is 0 Å². The first kappa shape index (κ1) is 14.5. The third-order valence-electron chi connectivity index (χ3n) is 4.06. The molecule has 0 spiro atoms. The molecule has 0 aliphatic carbocycles. The van der Waals surface area contributed by atoms with Crippen molar-refractivity contribution in [3.63, 3.8) is 0 Å². The Balaban J connectivity index is 2.50. The number of likely N-dealkylation sites (tertiary alicyclic amines) is 1. The molecule has 4 N–H and O–H groups in total. The summed E-state index contributed by atoms with van der Waals surface area (Å²) < 4.78 is 0. The fourth-order valence-electron chi connectivity index (χ4n) is 2.41. The maximum Gasteiger partial charge on any atom is 0.237 e. The van der Waals surface area contributed by atoms with Gasteiger partial charge in [0.15, 0.2) is 0 Å². The zero-order valence-electron chi connectivity index (χ0n) is 11.6. The summed E-state index contributed by atoms with van der Waals surface area (Å²) >= 11 is 0. The van der Waals surface area contributed by atoms with Gasteiger partial charge in [0, 0.05) is 6.04 Å². The van der Waals surface area contributed by atoms with E-state index >= 15 is 0 Å². The molecule has 100 valence electrons. The summed E-state index contributed by atoms with van der Waals surface area (Å²) in [4.78, 5) is 13.6. The van der Waals surface area contributed by atoms with E-state index in [1.54, 1.807) is 6.92 Å². The van der Waals surface area contributed by atoms with Gasteiger partial charge in [0.1, 0.15) is 0 Å². The van der Waals surface area contributed by atoms with E-state index in [0.717, 1.165) is 13.1 Å². The lowest BCUT2D eigenvalue weighted by atomic mass is 9.81. The van der Waals surface area contributed by atoms with Crippen LogP contribution >= 0.6 is 0 Å². The van der Waals surface area contributed by atoms with E-state index in [4.69, 9.17) is 11.5 Å². The number of primary amides is 1. The average molecular weight is 241 g/mol. The number of hydrogen-bond donors (Lipinski definition) is 2. The Bertz CT molecular complexity index is 276. The Kier molecular flexibility index (Phi) is 4.20. The summed E-state index contributed by atoms with van der Waals surface area (Å²) in [7, 11) is 0. The first-order chi connectivity index (χ1) is 7.64. The Morgan fingerprint density at radius 3 is 2.29 bits per heavy atom. The molecule has 1 heterocycles. The van der Waals surface area contributed by atoms with Crippen molar-refractivity contribution in [3.8, 4) is 0 Å². The number of amides is 1. The van der Waals surface area contributed by atoms with Crippen molar-refractivity contribution in [3.05, 3.63) is 0 Å². The molecule has 0 aromatic heterocycles. The fourth-order valence-corrected chi connectivity index (χ4v) is 2.41. The molecule has 17 heavy (non-hydrogen) atoms. The van der Waals surface area contributed by atoms with Crippen LogP contribution in [0.1, 0.15) is 47.0 Å². The first-order valence-corrected chi connectivity index (χ1v) is 6.47. The van der Waals surface area contributed by atoms with Gasteiger partial charge in [0.2, 0.25) is 5.91 Å². The highest BCUT2D eigenvalue weighted by Gasteiger charge is 2.33. The van der Waals surface area contributed by atoms with Gasteiger partial charge >= 0.3 is 0 Å². The summed E-state index contributed by atoms with van der Waals surface area (Å²) in [6, 6.07) is 0.314. The molecule has 1 saturated heterocycles. The SMILES string of the molecule is CC(CC(C)(N)C(N)=O)N1CCC(C)(C)CC1. The van der Waals surface area contributed by atoms with E-state index in [2.05, 4.69) is 25.7 Å². The maximum atomic E-state index is 11.2. The summed E-state index contributed by atoms with van der Waals surface area (Å²) in [5.74, 6) is -0.415. The molecule has 1 aliphatic heterocycles. The second-order valence-corrected chi connectivity index (χ2v) is 6.54. The minimum atomic E-state index is -0.896. The normalized spacial score (nSPS) is 26.2. The minimum Gasteiger partial charge on any atom is -0.368 e. The summed E-state index contributed by atoms with van der Waals surface area (Å²) in [6.07, 6.45) is 3.03. The Morgan fingerprint density at radius 1 is 1.41 bits per heavy atom. The number of carbonyl (C=O) groups is 1. The highest BCUT2D eigenvalue weighted by atomic mass is 16.1. The lowest BCUT2D eigenvalue weighted by Gasteiger charge is -2.41. The predicted molar refractivity (Wildman–Crippen MR) is 70.5 cm³/mol. The van der Waals surface area contributed by atoms with Crippen LogP contribution in [0, 0.1) is 5.41 Å². The minimum absolute atomic E-state index is 0.314. The lowest BCUT2D eigenvalue weighted by Crippen LogP contribution is -2.54. The molecule has 2 unspecified atom stereocenters. The number of nitrogens with two attached hydrogens (primary N) is 2. The van der Waals surface area contributed by atoms with Gasteiger partial charge in [-0.25, -0.2) is 0 Å². The largest absolute Gasteiger partial charge is 0.368 e. The lowest BCUT2D eigenvalue weighted by molar-refractivity contribution is -0.123. The molecule has 4 heteroatoms. The van der Waals surface area contributed by atoms with Crippen LogP contribution < -0.4 is 11.5 Å². The van der Waals surface area contributed by atoms with Gasteiger partial charge in [-0.3, -0.25) is 4.79 Å². The second kappa shape index (κ2) is 4.94. The van der Waals surface area contributed by atoms with Crippen molar-refractivity contribution >= 4 is 5.91 Å². The van der Waals surface area contributed by atoms with E-state index in [0.29, 0.717) is 17.9 Å². The van der Waals surface area contributed by atoms with Crippen LogP contribution in [0.3, 0.4) is 0 Å². The van der Waals surface area contributed by atoms with E-state index in [9.17, 15) is 4.79 Å². The molecule has 0 saturated carbocycles. The van der Waals surface area contributed by atoms with Gasteiger partial charge in [-0.1, -0.05) is 13.8 Å². The van der Waals surface area contributed by atoms with Crippen LogP contribution in [-0.4, -0.2) is 35.5 Å². The molecule has 0 radical (unpaired) electrons. The zero-order chi connectivity index (χ0) is 13.3. The molecule has 2 atom stereocenters. The number of rotatable bonds is 4. The number of carbonyl (C=O) groups excluding carboxylic acids is 1. The quantitative estimate of drug-likeness (QED) is 0.774. The summed E-state index contributed by atoms with van der Waals surface area (Å²) in [5.41, 5.74) is 10.8. The van der Waals surface area contributed by atoms with Gasteiger partial charge in [-0.15, -0.1) is 0 Å². The maximum absolute atomic E-state index is 11.2. The van der Waals surface area contributed by atoms with Crippen LogP contribution in [0.4, 0.5) is 0 Å².